The maximum absolute atomic E-state index is 11.1. The molecule has 0 amide bonds. The third-order valence-corrected chi connectivity index (χ3v) is 3.39. The summed E-state index contributed by atoms with van der Waals surface area (Å²) in [5.41, 5.74) is 0.848. The van der Waals surface area contributed by atoms with Crippen LogP contribution in [-0.2, 0) is 0 Å². The van der Waals surface area contributed by atoms with E-state index in [1.165, 1.54) is 6.92 Å². The third-order valence-electron chi connectivity index (χ3n) is 2.16. The molecule has 2 rings (SSSR count). The van der Waals surface area contributed by atoms with Crippen molar-refractivity contribution >= 4 is 33.3 Å². The Labute approximate surface area is 106 Å². The lowest BCUT2D eigenvalue weighted by Gasteiger charge is -1.99. The second kappa shape index (κ2) is 4.44. The van der Waals surface area contributed by atoms with E-state index in [0.717, 1.165) is 10.0 Å². The second-order valence-electron chi connectivity index (χ2n) is 3.35. The highest BCUT2D eigenvalue weighted by molar-refractivity contribution is 9.10. The second-order valence-corrected chi connectivity index (χ2v) is 4.61. The summed E-state index contributed by atoms with van der Waals surface area (Å²) in [4.78, 5) is 11.1. The van der Waals surface area contributed by atoms with Crippen LogP contribution in [0.3, 0.4) is 0 Å². The number of Topliss-reactive ketones (excluding diaryl/α,β-unsaturated/α-hetero) is 1. The van der Waals surface area contributed by atoms with Gasteiger partial charge < -0.3 is 4.42 Å². The predicted molar refractivity (Wildman–Crippen MR) is 66.9 cm³/mol. The van der Waals surface area contributed by atoms with Crippen LogP contribution in [0.2, 0.25) is 5.02 Å². The lowest BCUT2D eigenvalue weighted by Crippen LogP contribution is -1.86. The summed E-state index contributed by atoms with van der Waals surface area (Å²) in [7, 11) is 0. The van der Waals surface area contributed by atoms with Gasteiger partial charge in [-0.3, -0.25) is 4.79 Å². The quantitative estimate of drug-likeness (QED) is 0.761. The molecule has 0 N–H and O–H groups in total. The van der Waals surface area contributed by atoms with Crippen LogP contribution in [0.5, 0.6) is 0 Å². The molecule has 1 aromatic carbocycles. The first-order valence-electron chi connectivity index (χ1n) is 4.64. The van der Waals surface area contributed by atoms with Crippen molar-refractivity contribution in [3.63, 3.8) is 0 Å². The Morgan fingerprint density at radius 3 is 2.62 bits per heavy atom. The molecule has 0 aliphatic carbocycles. The van der Waals surface area contributed by atoms with Crippen molar-refractivity contribution in [3.8, 4) is 11.3 Å². The fourth-order valence-corrected chi connectivity index (χ4v) is 1.76. The van der Waals surface area contributed by atoms with Crippen molar-refractivity contribution in [2.45, 2.75) is 6.92 Å². The molecule has 0 unspecified atom stereocenters. The summed E-state index contributed by atoms with van der Waals surface area (Å²) in [5.74, 6) is 0.906. The van der Waals surface area contributed by atoms with Crippen LogP contribution >= 0.6 is 27.5 Å². The summed E-state index contributed by atoms with van der Waals surface area (Å²) in [6.07, 6.45) is 0. The van der Waals surface area contributed by atoms with Crippen molar-refractivity contribution in [1.82, 2.24) is 0 Å². The summed E-state index contributed by atoms with van der Waals surface area (Å²) >= 11 is 9.29. The number of carbonyl (C=O) groups is 1. The molecule has 0 saturated carbocycles. The van der Waals surface area contributed by atoms with E-state index in [2.05, 4.69) is 15.9 Å². The summed E-state index contributed by atoms with van der Waals surface area (Å²) in [6, 6.07) is 8.92. The number of furan rings is 1. The molecule has 0 radical (unpaired) electrons. The van der Waals surface area contributed by atoms with Gasteiger partial charge in [0.2, 0.25) is 0 Å². The number of hydrogen-bond acceptors (Lipinski definition) is 2. The van der Waals surface area contributed by atoms with Crippen LogP contribution in [0.25, 0.3) is 11.3 Å². The molecule has 1 aromatic heterocycles. The molecule has 2 nitrogen and oxygen atoms in total. The van der Waals surface area contributed by atoms with Gasteiger partial charge >= 0.3 is 0 Å². The standard InChI is InChI=1S/C12H8BrClO2/c1-7(15)11-4-5-12(16-11)8-2-3-9(13)10(14)6-8/h2-6H,1H3. The number of benzene rings is 1. The van der Waals surface area contributed by atoms with Gasteiger partial charge in [-0.1, -0.05) is 17.7 Å². The minimum atomic E-state index is -0.0885. The topological polar surface area (TPSA) is 30.2 Å². The fraction of sp³-hybridized carbons (Fsp3) is 0.0833. The monoisotopic (exact) mass is 298 g/mol. The number of hydrogen-bond donors (Lipinski definition) is 0. The highest BCUT2D eigenvalue weighted by atomic mass is 79.9. The van der Waals surface area contributed by atoms with Gasteiger partial charge in [-0.25, -0.2) is 0 Å². The van der Waals surface area contributed by atoms with E-state index >= 15 is 0 Å². The number of carbonyl (C=O) groups excluding carboxylic acids is 1. The van der Waals surface area contributed by atoms with Gasteiger partial charge in [0.05, 0.1) is 5.02 Å². The molecule has 1 heterocycles. The van der Waals surface area contributed by atoms with E-state index in [1.807, 2.05) is 12.1 Å². The van der Waals surface area contributed by atoms with Gasteiger partial charge in [-0.2, -0.15) is 0 Å². The zero-order valence-corrected chi connectivity index (χ0v) is 10.8. The third kappa shape index (κ3) is 2.20. The van der Waals surface area contributed by atoms with Crippen LogP contribution in [-0.4, -0.2) is 5.78 Å². The summed E-state index contributed by atoms with van der Waals surface area (Å²) in [6.45, 7) is 1.47. The number of halogens is 2. The van der Waals surface area contributed by atoms with Gasteiger partial charge in [0.25, 0.3) is 0 Å². The van der Waals surface area contributed by atoms with E-state index in [1.54, 1.807) is 18.2 Å². The molecule has 4 heteroatoms. The Morgan fingerprint density at radius 2 is 2.06 bits per heavy atom. The average Bonchev–Trinajstić information content (AvgIpc) is 2.71. The lowest BCUT2D eigenvalue weighted by atomic mass is 10.2. The summed E-state index contributed by atoms with van der Waals surface area (Å²) in [5, 5.41) is 0.610. The van der Waals surface area contributed by atoms with E-state index in [4.69, 9.17) is 16.0 Å². The van der Waals surface area contributed by atoms with Gasteiger partial charge in [0.1, 0.15) is 5.76 Å². The van der Waals surface area contributed by atoms with E-state index in [-0.39, 0.29) is 5.78 Å². The van der Waals surface area contributed by atoms with E-state index in [0.29, 0.717) is 16.5 Å². The molecule has 0 atom stereocenters. The maximum Gasteiger partial charge on any atom is 0.194 e. The Kier molecular flexibility index (Phi) is 3.17. The van der Waals surface area contributed by atoms with Gasteiger partial charge in [-0.05, 0) is 40.2 Å². The molecule has 0 fully saturated rings. The number of ketones is 1. The number of rotatable bonds is 2. The average molecular weight is 300 g/mol. The minimum absolute atomic E-state index is 0.0885. The zero-order valence-electron chi connectivity index (χ0n) is 8.46. The molecular formula is C12H8BrClO2. The molecule has 16 heavy (non-hydrogen) atoms. The van der Waals surface area contributed by atoms with Gasteiger partial charge in [0.15, 0.2) is 11.5 Å². The molecule has 0 aliphatic rings. The van der Waals surface area contributed by atoms with Crippen LogP contribution in [0.15, 0.2) is 39.2 Å². The Hall–Kier alpha value is -1.06. The van der Waals surface area contributed by atoms with Crippen molar-refractivity contribution in [2.75, 3.05) is 0 Å². The SMILES string of the molecule is CC(=O)c1ccc(-c2ccc(Br)c(Cl)c2)o1. The van der Waals surface area contributed by atoms with Crippen LogP contribution in [0, 0.1) is 0 Å². The smallest absolute Gasteiger partial charge is 0.194 e. The van der Waals surface area contributed by atoms with Gasteiger partial charge in [0, 0.05) is 17.0 Å². The molecule has 0 saturated heterocycles. The van der Waals surface area contributed by atoms with Crippen LogP contribution in [0.4, 0.5) is 0 Å². The zero-order chi connectivity index (χ0) is 11.7. The van der Waals surface area contributed by atoms with Crippen molar-refractivity contribution in [2.24, 2.45) is 0 Å². The van der Waals surface area contributed by atoms with Gasteiger partial charge in [-0.15, -0.1) is 0 Å². The molecule has 0 aliphatic heterocycles. The maximum atomic E-state index is 11.1. The molecule has 82 valence electrons. The molecule has 0 bridgehead atoms. The minimum Gasteiger partial charge on any atom is -0.453 e. The fourth-order valence-electron chi connectivity index (χ4n) is 1.33. The Bertz CT molecular complexity index is 546. The lowest BCUT2D eigenvalue weighted by molar-refractivity contribution is 0.0988. The van der Waals surface area contributed by atoms with Crippen molar-refractivity contribution < 1.29 is 9.21 Å². The largest absolute Gasteiger partial charge is 0.453 e. The van der Waals surface area contributed by atoms with E-state index < -0.39 is 0 Å². The Balaban J connectivity index is 2.42. The molecule has 2 aromatic rings. The highest BCUT2D eigenvalue weighted by Crippen LogP contribution is 2.29. The normalized spacial score (nSPS) is 10.4. The van der Waals surface area contributed by atoms with Crippen LogP contribution < -0.4 is 0 Å². The first-order valence-corrected chi connectivity index (χ1v) is 5.81. The molecule has 0 spiro atoms. The van der Waals surface area contributed by atoms with Crippen LogP contribution in [0.1, 0.15) is 17.5 Å². The predicted octanol–water partition coefficient (Wildman–Crippen LogP) is 4.57. The molecular weight excluding hydrogens is 291 g/mol. The van der Waals surface area contributed by atoms with E-state index in [9.17, 15) is 4.79 Å². The first-order chi connectivity index (χ1) is 7.58. The Morgan fingerprint density at radius 1 is 1.31 bits per heavy atom. The summed E-state index contributed by atoms with van der Waals surface area (Å²) < 4.78 is 6.23. The van der Waals surface area contributed by atoms with Crippen molar-refractivity contribution in [1.29, 1.82) is 0 Å². The highest BCUT2D eigenvalue weighted by Gasteiger charge is 2.09. The first kappa shape index (κ1) is 11.4. The van der Waals surface area contributed by atoms with Crippen molar-refractivity contribution in [3.05, 3.63) is 45.6 Å².